The van der Waals surface area contributed by atoms with E-state index < -0.39 is 0 Å². The minimum Gasteiger partial charge on any atom is -0.354 e. The summed E-state index contributed by atoms with van der Waals surface area (Å²) in [4.78, 5) is 10.6. The van der Waals surface area contributed by atoms with Crippen molar-refractivity contribution in [3.05, 3.63) is 18.1 Å². The molecule has 15 heavy (non-hydrogen) atoms. The molecule has 0 amide bonds. The fraction of sp³-hybridized carbons (Fsp3) is 0.636. The summed E-state index contributed by atoms with van der Waals surface area (Å²) in [6.45, 7) is 7.96. The van der Waals surface area contributed by atoms with Gasteiger partial charge in [0, 0.05) is 24.3 Å². The number of aryl methyl sites for hydroxylation is 1. The van der Waals surface area contributed by atoms with Gasteiger partial charge in [0.1, 0.15) is 12.1 Å². The molecule has 0 saturated heterocycles. The van der Waals surface area contributed by atoms with Crippen LogP contribution in [0.4, 0.5) is 5.82 Å². The van der Waals surface area contributed by atoms with Gasteiger partial charge in [-0.1, -0.05) is 0 Å². The standard InChI is InChI=1S/C11H20N4/c1-9(2)15(6-4-5-12)11-7-10(3)13-8-14-11/h7-9H,4-6,12H2,1-3H3. The van der Waals surface area contributed by atoms with Crippen LogP contribution in [0.5, 0.6) is 0 Å². The van der Waals surface area contributed by atoms with Crippen LogP contribution in [-0.2, 0) is 0 Å². The van der Waals surface area contributed by atoms with Crippen molar-refractivity contribution in [1.29, 1.82) is 0 Å². The second kappa shape index (κ2) is 5.66. The first-order valence-corrected chi connectivity index (χ1v) is 5.40. The molecule has 1 aromatic rings. The summed E-state index contributed by atoms with van der Waals surface area (Å²) in [6, 6.07) is 2.45. The number of nitrogens with two attached hydrogens (primary N) is 1. The minimum absolute atomic E-state index is 0.436. The van der Waals surface area contributed by atoms with Gasteiger partial charge in [-0.15, -0.1) is 0 Å². The van der Waals surface area contributed by atoms with Gasteiger partial charge >= 0.3 is 0 Å². The van der Waals surface area contributed by atoms with Crippen LogP contribution in [0.2, 0.25) is 0 Å². The predicted molar refractivity (Wildman–Crippen MR) is 62.9 cm³/mol. The first kappa shape index (κ1) is 11.9. The monoisotopic (exact) mass is 208 g/mol. The van der Waals surface area contributed by atoms with Gasteiger partial charge in [-0.2, -0.15) is 0 Å². The van der Waals surface area contributed by atoms with Crippen LogP contribution in [-0.4, -0.2) is 29.1 Å². The average molecular weight is 208 g/mol. The molecule has 1 heterocycles. The Bertz CT molecular complexity index is 298. The lowest BCUT2D eigenvalue weighted by Crippen LogP contribution is -2.33. The van der Waals surface area contributed by atoms with Crippen LogP contribution in [0.3, 0.4) is 0 Å². The minimum atomic E-state index is 0.436. The molecule has 0 bridgehead atoms. The van der Waals surface area contributed by atoms with Crippen LogP contribution in [0, 0.1) is 6.92 Å². The fourth-order valence-electron chi connectivity index (χ4n) is 1.50. The maximum absolute atomic E-state index is 5.53. The first-order chi connectivity index (χ1) is 7.15. The third-order valence-corrected chi connectivity index (χ3v) is 2.31. The number of rotatable bonds is 5. The molecule has 0 saturated carbocycles. The second-order valence-electron chi connectivity index (χ2n) is 3.95. The molecule has 4 heteroatoms. The number of hydrogen-bond donors (Lipinski definition) is 1. The maximum Gasteiger partial charge on any atom is 0.132 e. The maximum atomic E-state index is 5.53. The van der Waals surface area contributed by atoms with Crippen molar-refractivity contribution in [2.45, 2.75) is 33.2 Å². The Balaban J connectivity index is 2.79. The zero-order valence-corrected chi connectivity index (χ0v) is 9.77. The largest absolute Gasteiger partial charge is 0.354 e. The molecule has 0 radical (unpaired) electrons. The van der Waals surface area contributed by atoms with Gasteiger partial charge in [-0.3, -0.25) is 0 Å². The molecule has 0 aliphatic heterocycles. The lowest BCUT2D eigenvalue weighted by atomic mass is 10.2. The Morgan fingerprint density at radius 1 is 1.40 bits per heavy atom. The van der Waals surface area contributed by atoms with Crippen molar-refractivity contribution in [2.24, 2.45) is 5.73 Å². The molecule has 0 aliphatic rings. The summed E-state index contributed by atoms with van der Waals surface area (Å²) in [5, 5.41) is 0. The predicted octanol–water partition coefficient (Wildman–Crippen LogP) is 1.35. The first-order valence-electron chi connectivity index (χ1n) is 5.40. The van der Waals surface area contributed by atoms with E-state index in [-0.39, 0.29) is 0 Å². The van der Waals surface area contributed by atoms with Crippen LogP contribution in [0.15, 0.2) is 12.4 Å². The molecule has 0 spiro atoms. The van der Waals surface area contributed by atoms with Crippen molar-refractivity contribution >= 4 is 5.82 Å². The van der Waals surface area contributed by atoms with E-state index in [2.05, 4.69) is 28.7 Å². The molecular weight excluding hydrogens is 188 g/mol. The van der Waals surface area contributed by atoms with E-state index in [0.717, 1.165) is 24.5 Å². The molecule has 1 aromatic heterocycles. The van der Waals surface area contributed by atoms with E-state index in [1.807, 2.05) is 13.0 Å². The van der Waals surface area contributed by atoms with Gasteiger partial charge in [0.2, 0.25) is 0 Å². The van der Waals surface area contributed by atoms with E-state index in [4.69, 9.17) is 5.73 Å². The Labute approximate surface area is 91.5 Å². The van der Waals surface area contributed by atoms with Crippen LogP contribution in [0.1, 0.15) is 26.0 Å². The molecule has 84 valence electrons. The summed E-state index contributed by atoms with van der Waals surface area (Å²) in [6.07, 6.45) is 2.60. The van der Waals surface area contributed by atoms with E-state index in [1.165, 1.54) is 0 Å². The van der Waals surface area contributed by atoms with Crippen LogP contribution in [0.25, 0.3) is 0 Å². The quantitative estimate of drug-likeness (QED) is 0.793. The summed E-state index contributed by atoms with van der Waals surface area (Å²) in [5.41, 5.74) is 6.52. The smallest absolute Gasteiger partial charge is 0.132 e. The molecular formula is C11H20N4. The van der Waals surface area contributed by atoms with Crippen molar-refractivity contribution in [2.75, 3.05) is 18.0 Å². The molecule has 1 rings (SSSR count). The van der Waals surface area contributed by atoms with Crippen molar-refractivity contribution in [3.63, 3.8) is 0 Å². The highest BCUT2D eigenvalue weighted by molar-refractivity contribution is 5.39. The molecule has 0 fully saturated rings. The van der Waals surface area contributed by atoms with Crippen LogP contribution >= 0.6 is 0 Å². The molecule has 0 aromatic carbocycles. The zero-order valence-electron chi connectivity index (χ0n) is 9.77. The number of hydrogen-bond acceptors (Lipinski definition) is 4. The number of aromatic nitrogens is 2. The lowest BCUT2D eigenvalue weighted by Gasteiger charge is -2.27. The number of anilines is 1. The van der Waals surface area contributed by atoms with Gasteiger partial charge < -0.3 is 10.6 Å². The SMILES string of the molecule is Cc1cc(N(CCCN)C(C)C)ncn1. The van der Waals surface area contributed by atoms with E-state index in [0.29, 0.717) is 12.6 Å². The van der Waals surface area contributed by atoms with Gasteiger partial charge in [0.15, 0.2) is 0 Å². The van der Waals surface area contributed by atoms with Gasteiger partial charge in [-0.05, 0) is 33.7 Å². The third-order valence-electron chi connectivity index (χ3n) is 2.31. The highest BCUT2D eigenvalue weighted by Crippen LogP contribution is 2.14. The highest BCUT2D eigenvalue weighted by Gasteiger charge is 2.11. The Morgan fingerprint density at radius 3 is 2.67 bits per heavy atom. The van der Waals surface area contributed by atoms with Gasteiger partial charge in [-0.25, -0.2) is 9.97 Å². The van der Waals surface area contributed by atoms with Crippen molar-refractivity contribution < 1.29 is 0 Å². The molecule has 0 atom stereocenters. The summed E-state index contributed by atoms with van der Waals surface area (Å²) in [5.74, 6) is 0.992. The van der Waals surface area contributed by atoms with Crippen molar-refractivity contribution in [1.82, 2.24) is 9.97 Å². The highest BCUT2D eigenvalue weighted by atomic mass is 15.2. The Hall–Kier alpha value is -1.16. The molecule has 0 aliphatic carbocycles. The normalized spacial score (nSPS) is 10.7. The third kappa shape index (κ3) is 3.47. The van der Waals surface area contributed by atoms with Crippen molar-refractivity contribution in [3.8, 4) is 0 Å². The lowest BCUT2D eigenvalue weighted by molar-refractivity contribution is 0.647. The molecule has 2 N–H and O–H groups in total. The average Bonchev–Trinajstić information content (AvgIpc) is 2.18. The summed E-state index contributed by atoms with van der Waals surface area (Å²) in [7, 11) is 0. The van der Waals surface area contributed by atoms with E-state index in [9.17, 15) is 0 Å². The number of nitrogens with zero attached hydrogens (tertiary/aromatic N) is 3. The fourth-order valence-corrected chi connectivity index (χ4v) is 1.50. The topological polar surface area (TPSA) is 55.0 Å². The Kier molecular flexibility index (Phi) is 4.49. The van der Waals surface area contributed by atoms with Gasteiger partial charge in [0.05, 0.1) is 0 Å². The van der Waals surface area contributed by atoms with E-state index in [1.54, 1.807) is 6.33 Å². The summed E-state index contributed by atoms with van der Waals surface area (Å²) < 4.78 is 0. The summed E-state index contributed by atoms with van der Waals surface area (Å²) >= 11 is 0. The Morgan fingerprint density at radius 2 is 2.13 bits per heavy atom. The van der Waals surface area contributed by atoms with Crippen LogP contribution < -0.4 is 10.6 Å². The molecule has 4 nitrogen and oxygen atoms in total. The zero-order chi connectivity index (χ0) is 11.3. The molecule has 0 unspecified atom stereocenters. The van der Waals surface area contributed by atoms with Gasteiger partial charge in [0.25, 0.3) is 0 Å². The second-order valence-corrected chi connectivity index (χ2v) is 3.95. The van der Waals surface area contributed by atoms with E-state index >= 15 is 0 Å².